The van der Waals surface area contributed by atoms with Crippen LogP contribution in [0.15, 0.2) is 97.2 Å². The maximum atomic E-state index is 12.6. The summed E-state index contributed by atoms with van der Waals surface area (Å²) in [5.41, 5.74) is 5.37. The standard InChI is InChI=1S/C47H80NO7P/c1-3-5-7-9-11-13-15-17-19-21-23-24-26-28-30-32-34-36-38-40-47(49)55-46(45-54-56(50,51)53-43-41-48)44-52-42-39-37-35-33-31-29-27-25-22-20-18-16-14-12-10-8-6-4-2/h6,8,11-14,17-20,23-25,27,31,33,46H,3-5,7,9-10,15-16,21-22,26,28-30,32,34-45,48H2,1-2H3,(H,50,51)/b8-6-,13-11-,14-12-,19-17-,20-18-,24-23-,27-25-,33-31-. The van der Waals surface area contributed by atoms with Crippen LogP contribution in [0.4, 0.5) is 0 Å². The molecule has 8 nitrogen and oxygen atoms in total. The lowest BCUT2D eigenvalue weighted by molar-refractivity contribution is -0.154. The van der Waals surface area contributed by atoms with E-state index in [4.69, 9.17) is 24.3 Å². The van der Waals surface area contributed by atoms with Crippen molar-refractivity contribution < 1.29 is 32.8 Å². The van der Waals surface area contributed by atoms with Gasteiger partial charge in [-0.05, 0) is 96.3 Å². The van der Waals surface area contributed by atoms with Crippen LogP contribution in [0.3, 0.4) is 0 Å². The van der Waals surface area contributed by atoms with Crippen molar-refractivity contribution in [2.24, 2.45) is 5.73 Å². The van der Waals surface area contributed by atoms with Crippen LogP contribution < -0.4 is 5.73 Å². The van der Waals surface area contributed by atoms with Gasteiger partial charge in [0.15, 0.2) is 0 Å². The molecule has 320 valence electrons. The number of esters is 1. The Morgan fingerprint density at radius 2 is 1.00 bits per heavy atom. The van der Waals surface area contributed by atoms with Crippen LogP contribution in [-0.4, -0.2) is 49.9 Å². The van der Waals surface area contributed by atoms with E-state index in [2.05, 4.69) is 111 Å². The van der Waals surface area contributed by atoms with Crippen LogP contribution >= 0.6 is 7.82 Å². The summed E-state index contributed by atoms with van der Waals surface area (Å²) in [6.07, 6.45) is 57.1. The summed E-state index contributed by atoms with van der Waals surface area (Å²) in [5, 5.41) is 0. The van der Waals surface area contributed by atoms with E-state index in [1.165, 1.54) is 38.5 Å². The molecule has 0 bridgehead atoms. The Hall–Kier alpha value is -2.58. The molecule has 0 aromatic rings. The Bertz CT molecular complexity index is 1170. The molecule has 0 heterocycles. The zero-order chi connectivity index (χ0) is 40.9. The smallest absolute Gasteiger partial charge is 0.457 e. The molecule has 0 spiro atoms. The van der Waals surface area contributed by atoms with Gasteiger partial charge in [-0.1, -0.05) is 150 Å². The predicted octanol–water partition coefficient (Wildman–Crippen LogP) is 13.1. The quantitative estimate of drug-likeness (QED) is 0.0272. The third-order valence-corrected chi connectivity index (χ3v) is 9.47. The zero-order valence-electron chi connectivity index (χ0n) is 35.3. The van der Waals surface area contributed by atoms with Gasteiger partial charge in [0.1, 0.15) is 6.10 Å². The van der Waals surface area contributed by atoms with Crippen LogP contribution in [-0.2, 0) is 27.9 Å². The maximum absolute atomic E-state index is 12.6. The van der Waals surface area contributed by atoms with E-state index in [1.54, 1.807) is 0 Å². The van der Waals surface area contributed by atoms with Gasteiger partial charge in [-0.15, -0.1) is 0 Å². The maximum Gasteiger partial charge on any atom is 0.472 e. The molecule has 3 N–H and O–H groups in total. The van der Waals surface area contributed by atoms with Crippen molar-refractivity contribution in [3.63, 3.8) is 0 Å². The summed E-state index contributed by atoms with van der Waals surface area (Å²) in [4.78, 5) is 22.5. The summed E-state index contributed by atoms with van der Waals surface area (Å²) in [6, 6.07) is 0. The molecule has 2 unspecified atom stereocenters. The molecule has 0 aromatic heterocycles. The monoisotopic (exact) mass is 802 g/mol. The largest absolute Gasteiger partial charge is 0.472 e. The first-order valence-electron chi connectivity index (χ1n) is 21.7. The Labute approximate surface area is 342 Å². The molecule has 0 saturated heterocycles. The number of carbonyl (C=O) groups is 1. The highest BCUT2D eigenvalue weighted by Gasteiger charge is 2.25. The second kappa shape index (κ2) is 43.5. The number of phosphoric acid groups is 1. The van der Waals surface area contributed by atoms with E-state index < -0.39 is 13.9 Å². The molecule has 0 aliphatic rings. The average molecular weight is 802 g/mol. The number of unbranched alkanes of at least 4 members (excludes halogenated alkanes) is 11. The number of allylic oxidation sites excluding steroid dienone is 16. The Morgan fingerprint density at radius 1 is 0.554 bits per heavy atom. The fraction of sp³-hybridized carbons (Fsp3) is 0.638. The molecule has 2 atom stereocenters. The summed E-state index contributed by atoms with van der Waals surface area (Å²) in [5.74, 6) is -0.363. The fourth-order valence-corrected chi connectivity index (χ4v) is 6.09. The summed E-state index contributed by atoms with van der Waals surface area (Å²) in [7, 11) is -4.30. The van der Waals surface area contributed by atoms with Gasteiger partial charge in [0.05, 0.1) is 19.8 Å². The minimum absolute atomic E-state index is 0.0750. The van der Waals surface area contributed by atoms with Crippen molar-refractivity contribution in [2.45, 2.75) is 161 Å². The molecule has 56 heavy (non-hydrogen) atoms. The molecule has 0 amide bonds. The number of carbonyl (C=O) groups excluding carboxylic acids is 1. The summed E-state index contributed by atoms with van der Waals surface area (Å²) < 4.78 is 33.4. The molecule has 0 aromatic carbocycles. The van der Waals surface area contributed by atoms with Crippen LogP contribution in [0.2, 0.25) is 0 Å². The second-order valence-electron chi connectivity index (χ2n) is 13.8. The lowest BCUT2D eigenvalue weighted by atomic mass is 10.1. The molecule has 9 heteroatoms. The van der Waals surface area contributed by atoms with Crippen molar-refractivity contribution in [1.29, 1.82) is 0 Å². The molecular formula is C47H80NO7P. The highest BCUT2D eigenvalue weighted by molar-refractivity contribution is 7.47. The van der Waals surface area contributed by atoms with Crippen LogP contribution in [0, 0.1) is 0 Å². The van der Waals surface area contributed by atoms with Crippen LogP contribution in [0.25, 0.3) is 0 Å². The van der Waals surface area contributed by atoms with Crippen LogP contribution in [0.1, 0.15) is 155 Å². The minimum atomic E-state index is -4.30. The van der Waals surface area contributed by atoms with E-state index in [1.807, 2.05) is 0 Å². The number of ether oxygens (including phenoxy) is 2. The van der Waals surface area contributed by atoms with Gasteiger partial charge in [-0.2, -0.15) is 0 Å². The molecular weight excluding hydrogens is 721 g/mol. The Morgan fingerprint density at radius 3 is 1.50 bits per heavy atom. The number of rotatable bonds is 40. The Balaban J connectivity index is 4.17. The third-order valence-electron chi connectivity index (χ3n) is 8.49. The van der Waals surface area contributed by atoms with E-state index >= 15 is 0 Å². The third kappa shape index (κ3) is 42.6. The lowest BCUT2D eigenvalue weighted by Crippen LogP contribution is -2.28. The number of nitrogens with two attached hydrogens (primary N) is 1. The first-order valence-corrected chi connectivity index (χ1v) is 23.2. The first kappa shape index (κ1) is 53.4. The van der Waals surface area contributed by atoms with E-state index in [0.717, 1.165) is 96.3 Å². The highest BCUT2D eigenvalue weighted by Crippen LogP contribution is 2.43. The molecule has 0 aliphatic carbocycles. The Kier molecular flexibility index (Phi) is 41.5. The van der Waals surface area contributed by atoms with Gasteiger partial charge in [0.25, 0.3) is 0 Å². The number of phosphoric ester groups is 1. The predicted molar refractivity (Wildman–Crippen MR) is 238 cm³/mol. The van der Waals surface area contributed by atoms with Gasteiger partial charge in [-0.3, -0.25) is 13.8 Å². The van der Waals surface area contributed by atoms with Gasteiger partial charge in [0.2, 0.25) is 0 Å². The minimum Gasteiger partial charge on any atom is -0.457 e. The summed E-state index contributed by atoms with van der Waals surface area (Å²) >= 11 is 0. The van der Waals surface area contributed by atoms with E-state index in [-0.39, 0.29) is 38.8 Å². The molecule has 0 aliphatic heterocycles. The van der Waals surface area contributed by atoms with Crippen LogP contribution in [0.5, 0.6) is 0 Å². The number of hydrogen-bond acceptors (Lipinski definition) is 7. The SMILES string of the molecule is CC/C=C\C/C=C\C/C=C\C/C=C\C/C=C\CCCCOCC(COP(=O)(O)OCCN)OC(=O)CCCCCCCC/C=C\C/C=C\C/C=C\CCCCC. The van der Waals surface area contributed by atoms with Gasteiger partial charge >= 0.3 is 13.8 Å². The van der Waals surface area contributed by atoms with E-state index in [0.29, 0.717) is 6.61 Å². The molecule has 0 fully saturated rings. The first-order chi connectivity index (χ1) is 27.4. The van der Waals surface area contributed by atoms with Crippen molar-refractivity contribution in [3.8, 4) is 0 Å². The molecule has 0 radical (unpaired) electrons. The fourth-order valence-electron chi connectivity index (χ4n) is 5.32. The second-order valence-corrected chi connectivity index (χ2v) is 15.3. The zero-order valence-corrected chi connectivity index (χ0v) is 36.2. The van der Waals surface area contributed by atoms with Gasteiger partial charge in [-0.25, -0.2) is 4.57 Å². The topological polar surface area (TPSA) is 117 Å². The lowest BCUT2D eigenvalue weighted by Gasteiger charge is -2.20. The van der Waals surface area contributed by atoms with E-state index in [9.17, 15) is 14.3 Å². The van der Waals surface area contributed by atoms with Gasteiger partial charge < -0.3 is 20.1 Å². The normalized spacial score (nSPS) is 14.4. The van der Waals surface area contributed by atoms with Crippen molar-refractivity contribution in [3.05, 3.63) is 97.2 Å². The van der Waals surface area contributed by atoms with Crippen molar-refractivity contribution in [1.82, 2.24) is 0 Å². The van der Waals surface area contributed by atoms with Crippen molar-refractivity contribution in [2.75, 3.05) is 33.0 Å². The molecule has 0 saturated carbocycles. The number of hydrogen-bond donors (Lipinski definition) is 2. The van der Waals surface area contributed by atoms with Gasteiger partial charge in [0, 0.05) is 19.6 Å². The summed E-state index contributed by atoms with van der Waals surface area (Å²) in [6.45, 7) is 4.62. The molecule has 0 rings (SSSR count). The highest BCUT2D eigenvalue weighted by atomic mass is 31.2. The average Bonchev–Trinajstić information content (AvgIpc) is 3.19. The van der Waals surface area contributed by atoms with Crippen molar-refractivity contribution >= 4 is 13.8 Å².